The maximum atomic E-state index is 12.2. The Morgan fingerprint density at radius 1 is 1.31 bits per heavy atom. The largest absolute Gasteiger partial charge is 0.301 e. The number of sulfonamides is 1. The lowest BCUT2D eigenvalue weighted by Gasteiger charge is -2.23. The normalized spacial score (nSPS) is 11.7. The summed E-state index contributed by atoms with van der Waals surface area (Å²) in [6.45, 7) is 4.33. The monoisotopic (exact) mass is 496 g/mol. The van der Waals surface area contributed by atoms with Crippen molar-refractivity contribution in [3.8, 4) is 0 Å². The molecule has 0 aliphatic rings. The van der Waals surface area contributed by atoms with Crippen LogP contribution in [-0.2, 0) is 14.8 Å². The summed E-state index contributed by atoms with van der Waals surface area (Å²) in [6, 6.07) is 4.61. The van der Waals surface area contributed by atoms with E-state index in [2.05, 4.69) is 29.4 Å². The molecule has 160 valence electrons. The van der Waals surface area contributed by atoms with Crippen molar-refractivity contribution in [3.05, 3.63) is 28.2 Å². The summed E-state index contributed by atoms with van der Waals surface area (Å²) in [5.74, 6) is 1.20. The Bertz CT molecular complexity index is 951. The Hall–Kier alpha value is -1.07. The van der Waals surface area contributed by atoms with Crippen LogP contribution < -0.4 is 9.62 Å². The summed E-state index contributed by atoms with van der Waals surface area (Å²) in [7, 11) is -3.59. The summed E-state index contributed by atoms with van der Waals surface area (Å²) < 4.78 is 26.3. The Morgan fingerprint density at radius 2 is 2.03 bits per heavy atom. The summed E-state index contributed by atoms with van der Waals surface area (Å²) >= 11 is 15.0. The Labute approximate surface area is 189 Å². The molecule has 1 aromatic heterocycles. The van der Waals surface area contributed by atoms with Crippen LogP contribution >= 0.6 is 46.3 Å². The van der Waals surface area contributed by atoms with Crippen molar-refractivity contribution in [1.29, 1.82) is 0 Å². The Balaban J connectivity index is 1.92. The van der Waals surface area contributed by atoms with Gasteiger partial charge in [0.1, 0.15) is 0 Å². The first-order valence-corrected chi connectivity index (χ1v) is 13.2. The Kier molecular flexibility index (Phi) is 9.02. The van der Waals surface area contributed by atoms with Crippen molar-refractivity contribution in [2.24, 2.45) is 5.92 Å². The van der Waals surface area contributed by atoms with E-state index in [4.69, 9.17) is 23.2 Å². The molecule has 1 N–H and O–H groups in total. The van der Waals surface area contributed by atoms with Crippen molar-refractivity contribution >= 4 is 73.0 Å². The number of rotatable bonds is 10. The van der Waals surface area contributed by atoms with Crippen molar-refractivity contribution < 1.29 is 13.2 Å². The zero-order chi connectivity index (χ0) is 21.6. The molecule has 7 nitrogen and oxygen atoms in total. The molecule has 0 unspecified atom stereocenters. The van der Waals surface area contributed by atoms with Gasteiger partial charge in [0.05, 0.1) is 17.0 Å². The van der Waals surface area contributed by atoms with Crippen molar-refractivity contribution in [1.82, 2.24) is 10.2 Å². The minimum atomic E-state index is -3.59. The number of nitrogens with zero attached hydrogens (tertiary/aromatic N) is 3. The molecule has 0 spiro atoms. The summed E-state index contributed by atoms with van der Waals surface area (Å²) in [4.78, 5) is 12.2. The smallest absolute Gasteiger partial charge is 0.232 e. The fourth-order valence-electron chi connectivity index (χ4n) is 2.26. The summed E-state index contributed by atoms with van der Waals surface area (Å²) in [6.07, 6.45) is 1.51. The topological polar surface area (TPSA) is 92.3 Å². The van der Waals surface area contributed by atoms with Gasteiger partial charge in [-0.05, 0) is 30.5 Å². The molecule has 0 radical (unpaired) electrons. The van der Waals surface area contributed by atoms with Gasteiger partial charge in [-0.1, -0.05) is 60.1 Å². The van der Waals surface area contributed by atoms with Crippen LogP contribution in [0.2, 0.25) is 10.0 Å². The molecule has 1 heterocycles. The van der Waals surface area contributed by atoms with E-state index < -0.39 is 10.0 Å². The van der Waals surface area contributed by atoms with Crippen LogP contribution in [0.25, 0.3) is 0 Å². The van der Waals surface area contributed by atoms with E-state index in [1.165, 1.54) is 23.5 Å². The van der Waals surface area contributed by atoms with Crippen LogP contribution in [0.3, 0.4) is 0 Å². The number of amides is 1. The van der Waals surface area contributed by atoms with Crippen LogP contribution in [0.4, 0.5) is 10.8 Å². The zero-order valence-electron chi connectivity index (χ0n) is 16.2. The van der Waals surface area contributed by atoms with E-state index in [0.29, 0.717) is 22.5 Å². The Morgan fingerprint density at radius 3 is 2.69 bits per heavy atom. The standard InChI is InChI=1S/C17H22Cl2N4O3S3/c1-11(2)10-27-17-22-21-16(28-17)20-15(24)5-4-8-23(29(3,25)26)14-9-12(18)6-7-13(14)19/h6-7,9,11H,4-5,8,10H2,1-3H3,(H,20,21,24). The van der Waals surface area contributed by atoms with Gasteiger partial charge < -0.3 is 5.32 Å². The average molecular weight is 497 g/mol. The molecule has 0 atom stereocenters. The molecular weight excluding hydrogens is 475 g/mol. The van der Waals surface area contributed by atoms with Gasteiger partial charge in [0.2, 0.25) is 21.1 Å². The molecule has 29 heavy (non-hydrogen) atoms. The highest BCUT2D eigenvalue weighted by Crippen LogP contribution is 2.31. The molecule has 2 aromatic rings. The van der Waals surface area contributed by atoms with Gasteiger partial charge in [-0.3, -0.25) is 9.10 Å². The number of thioether (sulfide) groups is 1. The number of halogens is 2. The van der Waals surface area contributed by atoms with Gasteiger partial charge >= 0.3 is 0 Å². The zero-order valence-corrected chi connectivity index (χ0v) is 20.1. The van der Waals surface area contributed by atoms with E-state index >= 15 is 0 Å². The van der Waals surface area contributed by atoms with E-state index in [1.807, 2.05) is 0 Å². The van der Waals surface area contributed by atoms with Crippen LogP contribution in [0.5, 0.6) is 0 Å². The van der Waals surface area contributed by atoms with E-state index in [0.717, 1.165) is 20.7 Å². The molecule has 0 aliphatic heterocycles. The molecule has 0 bridgehead atoms. The van der Waals surface area contributed by atoms with Gasteiger partial charge in [0, 0.05) is 23.7 Å². The van der Waals surface area contributed by atoms with Crippen LogP contribution in [0, 0.1) is 5.92 Å². The number of carbonyl (C=O) groups is 1. The quantitative estimate of drug-likeness (QED) is 0.375. The fourth-order valence-corrected chi connectivity index (χ4v) is 5.41. The fraction of sp³-hybridized carbons (Fsp3) is 0.471. The number of carbonyl (C=O) groups excluding carboxylic acids is 1. The third kappa shape index (κ3) is 7.93. The molecular formula is C17H22Cl2N4O3S3. The van der Waals surface area contributed by atoms with E-state index in [1.54, 1.807) is 17.8 Å². The van der Waals surface area contributed by atoms with Crippen molar-refractivity contribution in [3.63, 3.8) is 0 Å². The SMILES string of the molecule is CC(C)CSc1nnc(NC(=O)CCCN(c2cc(Cl)ccc2Cl)S(C)(=O)=O)s1. The van der Waals surface area contributed by atoms with Gasteiger partial charge in [-0.15, -0.1) is 10.2 Å². The van der Waals surface area contributed by atoms with Crippen LogP contribution in [0.15, 0.2) is 22.5 Å². The number of anilines is 2. The van der Waals surface area contributed by atoms with Gasteiger partial charge in [0.15, 0.2) is 4.34 Å². The maximum absolute atomic E-state index is 12.2. The number of benzene rings is 1. The minimum Gasteiger partial charge on any atom is -0.301 e. The molecule has 0 fully saturated rings. The number of hydrogen-bond donors (Lipinski definition) is 1. The lowest BCUT2D eigenvalue weighted by atomic mass is 10.2. The molecule has 12 heteroatoms. The van der Waals surface area contributed by atoms with E-state index in [-0.39, 0.29) is 29.6 Å². The predicted molar refractivity (Wildman–Crippen MR) is 122 cm³/mol. The minimum absolute atomic E-state index is 0.0952. The van der Waals surface area contributed by atoms with E-state index in [9.17, 15) is 13.2 Å². The molecule has 0 aliphatic carbocycles. The number of nitrogens with one attached hydrogen (secondary N) is 1. The molecule has 2 rings (SSSR count). The summed E-state index contributed by atoms with van der Waals surface area (Å²) in [5, 5.41) is 11.8. The van der Waals surface area contributed by atoms with Gasteiger partial charge in [-0.25, -0.2) is 8.42 Å². The highest BCUT2D eigenvalue weighted by Gasteiger charge is 2.20. The lowest BCUT2D eigenvalue weighted by Crippen LogP contribution is -2.31. The first kappa shape index (κ1) is 24.2. The first-order chi connectivity index (χ1) is 13.6. The lowest BCUT2D eigenvalue weighted by molar-refractivity contribution is -0.116. The van der Waals surface area contributed by atoms with Crippen molar-refractivity contribution in [2.45, 2.75) is 31.0 Å². The molecule has 1 aromatic carbocycles. The molecule has 0 saturated heterocycles. The van der Waals surface area contributed by atoms with Crippen LogP contribution in [0.1, 0.15) is 26.7 Å². The second-order valence-electron chi connectivity index (χ2n) is 6.66. The van der Waals surface area contributed by atoms with Crippen molar-refractivity contribution in [2.75, 3.05) is 28.2 Å². The average Bonchev–Trinajstić information content (AvgIpc) is 3.05. The molecule has 0 saturated carbocycles. The highest BCUT2D eigenvalue weighted by molar-refractivity contribution is 8.01. The van der Waals surface area contributed by atoms with Gasteiger partial charge in [-0.2, -0.15) is 0 Å². The van der Waals surface area contributed by atoms with Gasteiger partial charge in [0.25, 0.3) is 0 Å². The first-order valence-electron chi connectivity index (χ1n) is 8.75. The maximum Gasteiger partial charge on any atom is 0.232 e. The second kappa shape index (κ2) is 10.8. The van der Waals surface area contributed by atoms with Crippen LogP contribution in [-0.4, -0.2) is 43.1 Å². The summed E-state index contributed by atoms with van der Waals surface area (Å²) in [5.41, 5.74) is 0.290. The predicted octanol–water partition coefficient (Wildman–Crippen LogP) is 4.78. The highest BCUT2D eigenvalue weighted by atomic mass is 35.5. The third-order valence-electron chi connectivity index (χ3n) is 3.54. The molecule has 1 amide bonds. The number of aromatic nitrogens is 2. The third-order valence-corrected chi connectivity index (χ3v) is 7.67. The second-order valence-corrected chi connectivity index (χ2v) is 11.7. The number of hydrogen-bond acceptors (Lipinski definition) is 7.